The number of piperidine rings is 1. The van der Waals surface area contributed by atoms with E-state index < -0.39 is 0 Å². The summed E-state index contributed by atoms with van der Waals surface area (Å²) < 4.78 is 0. The summed E-state index contributed by atoms with van der Waals surface area (Å²) in [5.41, 5.74) is 0. The van der Waals surface area contributed by atoms with E-state index in [2.05, 4.69) is 4.90 Å². The van der Waals surface area contributed by atoms with Crippen molar-refractivity contribution in [2.45, 2.75) is 12.8 Å². The van der Waals surface area contributed by atoms with Crippen molar-refractivity contribution in [3.63, 3.8) is 0 Å². The van der Waals surface area contributed by atoms with Gasteiger partial charge in [0.2, 0.25) is 0 Å². The normalized spacial score (nSPS) is 22.6. The Hall–Kier alpha value is -0.370. The van der Waals surface area contributed by atoms with Crippen LogP contribution in [0.1, 0.15) is 12.8 Å². The molecule has 1 rings (SSSR count). The Labute approximate surface area is 55.8 Å². The van der Waals surface area contributed by atoms with Crippen molar-refractivity contribution in [2.75, 3.05) is 19.6 Å². The van der Waals surface area contributed by atoms with Gasteiger partial charge in [-0.05, 0) is 6.92 Å². The lowest BCUT2D eigenvalue weighted by atomic mass is 10.1. The third-order valence-corrected chi connectivity index (χ3v) is 1.67. The van der Waals surface area contributed by atoms with Crippen LogP contribution in [0.25, 0.3) is 0 Å². The van der Waals surface area contributed by atoms with Gasteiger partial charge < -0.3 is 4.90 Å². The van der Waals surface area contributed by atoms with Gasteiger partial charge in [0, 0.05) is 32.5 Å². The summed E-state index contributed by atoms with van der Waals surface area (Å²) in [5, 5.41) is 0. The number of carbonyl (C=O) groups excluding carboxylic acids is 1. The lowest BCUT2D eigenvalue weighted by Gasteiger charge is -2.23. The molecule has 1 fully saturated rings. The monoisotopic (exact) mass is 125 g/mol. The van der Waals surface area contributed by atoms with E-state index in [1.54, 1.807) is 0 Å². The first-order chi connectivity index (χ1) is 4.33. The minimum absolute atomic E-state index is 0.375. The van der Waals surface area contributed by atoms with E-state index in [-0.39, 0.29) is 0 Å². The Morgan fingerprint density at radius 3 is 2.44 bits per heavy atom. The van der Waals surface area contributed by atoms with E-state index >= 15 is 0 Å². The highest BCUT2D eigenvalue weighted by molar-refractivity contribution is 5.79. The van der Waals surface area contributed by atoms with E-state index in [1.807, 2.05) is 0 Å². The number of rotatable bonds is 1. The third kappa shape index (κ3) is 1.79. The van der Waals surface area contributed by atoms with Crippen LogP contribution in [0.4, 0.5) is 0 Å². The molecule has 50 valence electrons. The molecule has 9 heavy (non-hydrogen) atoms. The first-order valence-corrected chi connectivity index (χ1v) is 3.27. The third-order valence-electron chi connectivity index (χ3n) is 1.67. The highest BCUT2D eigenvalue weighted by Gasteiger charge is 2.13. The fourth-order valence-electron chi connectivity index (χ4n) is 0.985. The molecule has 1 saturated heterocycles. The largest absolute Gasteiger partial charge is 0.302 e. The van der Waals surface area contributed by atoms with E-state index in [4.69, 9.17) is 6.92 Å². The van der Waals surface area contributed by atoms with Gasteiger partial charge in [-0.3, -0.25) is 4.79 Å². The van der Waals surface area contributed by atoms with Crippen molar-refractivity contribution in [1.29, 1.82) is 0 Å². The Kier molecular flexibility index (Phi) is 2.22. The second-order valence-corrected chi connectivity index (χ2v) is 2.34. The summed E-state index contributed by atoms with van der Waals surface area (Å²) in [6, 6.07) is 0. The second kappa shape index (κ2) is 2.97. The summed E-state index contributed by atoms with van der Waals surface area (Å²) in [4.78, 5) is 12.7. The zero-order valence-electron chi connectivity index (χ0n) is 5.47. The average molecular weight is 125 g/mol. The molecule has 0 unspecified atom stereocenters. The summed E-state index contributed by atoms with van der Waals surface area (Å²) in [6.45, 7) is 7.67. The van der Waals surface area contributed by atoms with Crippen molar-refractivity contribution in [1.82, 2.24) is 4.90 Å². The molecule has 2 nitrogen and oxygen atoms in total. The van der Waals surface area contributed by atoms with Crippen LogP contribution in [0.15, 0.2) is 0 Å². The predicted octanol–water partition coefficient (Wildman–Crippen LogP) is 0.362. The zero-order chi connectivity index (χ0) is 6.69. The van der Waals surface area contributed by atoms with Crippen LogP contribution in [-0.4, -0.2) is 30.3 Å². The number of hydrogen-bond donors (Lipinski definition) is 0. The minimum Gasteiger partial charge on any atom is -0.302 e. The van der Waals surface area contributed by atoms with Crippen molar-refractivity contribution in [3.8, 4) is 0 Å². The van der Waals surface area contributed by atoms with Crippen LogP contribution in [0.5, 0.6) is 0 Å². The highest BCUT2D eigenvalue weighted by Crippen LogP contribution is 2.03. The number of Topliss-reactive ketones (excluding diaryl/α,β-unsaturated/α-hetero) is 1. The summed E-state index contributed by atoms with van der Waals surface area (Å²) in [5.74, 6) is 0.375. The van der Waals surface area contributed by atoms with Gasteiger partial charge in [0.05, 0.1) is 0 Å². The number of carbonyl (C=O) groups is 1. The minimum atomic E-state index is 0.375. The van der Waals surface area contributed by atoms with Crippen LogP contribution in [-0.2, 0) is 4.79 Å². The molecule has 0 saturated carbocycles. The number of hydrogen-bond acceptors (Lipinski definition) is 2. The predicted molar refractivity (Wildman–Crippen MR) is 35.0 cm³/mol. The van der Waals surface area contributed by atoms with Gasteiger partial charge in [-0.1, -0.05) is 0 Å². The Balaban J connectivity index is 2.26. The van der Waals surface area contributed by atoms with Crippen LogP contribution < -0.4 is 0 Å². The first kappa shape index (κ1) is 6.75. The molecule has 2 radical (unpaired) electrons. The molecule has 0 N–H and O–H groups in total. The summed E-state index contributed by atoms with van der Waals surface area (Å²) in [7, 11) is 0. The number of nitrogens with zero attached hydrogens (tertiary/aromatic N) is 1. The van der Waals surface area contributed by atoms with Crippen LogP contribution in [0.2, 0.25) is 0 Å². The van der Waals surface area contributed by atoms with E-state index in [0.29, 0.717) is 25.2 Å². The topological polar surface area (TPSA) is 20.3 Å². The molecule has 0 aromatic rings. The average Bonchev–Trinajstić information content (AvgIpc) is 1.90. The number of likely N-dealkylation sites (tertiary alicyclic amines) is 1. The molecule has 0 aromatic heterocycles. The lowest BCUT2D eigenvalue weighted by Crippen LogP contribution is -2.33. The van der Waals surface area contributed by atoms with Crippen molar-refractivity contribution < 1.29 is 4.79 Å². The van der Waals surface area contributed by atoms with Gasteiger partial charge in [0.1, 0.15) is 5.78 Å². The van der Waals surface area contributed by atoms with E-state index in [1.165, 1.54) is 0 Å². The standard InChI is InChI=1S/C7H11NO/c1-2-8-5-3-7(9)4-6-8/h1H,2-6H2. The molecule has 1 aliphatic heterocycles. The van der Waals surface area contributed by atoms with Crippen LogP contribution >= 0.6 is 0 Å². The molecule has 1 aliphatic rings. The van der Waals surface area contributed by atoms with E-state index in [9.17, 15) is 4.79 Å². The summed E-state index contributed by atoms with van der Waals surface area (Å²) >= 11 is 0. The maximum atomic E-state index is 10.7. The number of ketones is 1. The maximum Gasteiger partial charge on any atom is 0.135 e. The van der Waals surface area contributed by atoms with Gasteiger partial charge in [-0.15, -0.1) is 0 Å². The molecule has 1 heterocycles. The van der Waals surface area contributed by atoms with Gasteiger partial charge in [-0.25, -0.2) is 0 Å². The van der Waals surface area contributed by atoms with Crippen LogP contribution in [0.3, 0.4) is 0 Å². The smallest absolute Gasteiger partial charge is 0.135 e. The fourth-order valence-corrected chi connectivity index (χ4v) is 0.985. The molecule has 2 heteroatoms. The van der Waals surface area contributed by atoms with Gasteiger partial charge >= 0.3 is 0 Å². The van der Waals surface area contributed by atoms with Gasteiger partial charge in [-0.2, -0.15) is 0 Å². The first-order valence-electron chi connectivity index (χ1n) is 3.27. The van der Waals surface area contributed by atoms with Crippen LogP contribution in [0, 0.1) is 6.92 Å². The quantitative estimate of drug-likeness (QED) is 0.504. The molecular formula is C7H11NO. The Morgan fingerprint density at radius 1 is 1.44 bits per heavy atom. The Morgan fingerprint density at radius 2 is 2.00 bits per heavy atom. The highest BCUT2D eigenvalue weighted by atomic mass is 16.1. The lowest BCUT2D eigenvalue weighted by molar-refractivity contribution is -0.121. The molecule has 0 bridgehead atoms. The maximum absolute atomic E-state index is 10.7. The molecule has 0 aromatic carbocycles. The SMILES string of the molecule is [CH]CN1CCC(=O)CC1. The second-order valence-electron chi connectivity index (χ2n) is 2.34. The van der Waals surface area contributed by atoms with E-state index in [0.717, 1.165) is 13.1 Å². The Bertz CT molecular complexity index is 101. The van der Waals surface area contributed by atoms with Gasteiger partial charge in [0.25, 0.3) is 0 Å². The molecule has 0 amide bonds. The van der Waals surface area contributed by atoms with Crippen molar-refractivity contribution in [3.05, 3.63) is 6.92 Å². The van der Waals surface area contributed by atoms with Crippen molar-refractivity contribution >= 4 is 5.78 Å². The molecule has 0 spiro atoms. The molecule has 0 aliphatic carbocycles. The van der Waals surface area contributed by atoms with Gasteiger partial charge in [0.15, 0.2) is 0 Å². The van der Waals surface area contributed by atoms with Crippen molar-refractivity contribution in [2.24, 2.45) is 0 Å². The zero-order valence-corrected chi connectivity index (χ0v) is 5.47. The molecular weight excluding hydrogens is 114 g/mol. The fraction of sp³-hybridized carbons (Fsp3) is 0.714. The summed E-state index contributed by atoms with van der Waals surface area (Å²) in [6.07, 6.45) is 1.38. The molecule has 0 atom stereocenters.